The predicted octanol–water partition coefficient (Wildman–Crippen LogP) is 0.320. The Morgan fingerprint density at radius 3 is 3.06 bits per heavy atom. The lowest BCUT2D eigenvalue weighted by atomic mass is 10.0. The Morgan fingerprint density at radius 1 is 1.62 bits per heavy atom. The molecule has 1 saturated heterocycles. The summed E-state index contributed by atoms with van der Waals surface area (Å²) in [6.07, 6.45) is 3.90. The van der Waals surface area contributed by atoms with Gasteiger partial charge in [-0.05, 0) is 18.4 Å². The van der Waals surface area contributed by atoms with Gasteiger partial charge in [0.05, 0.1) is 30.6 Å². The second-order valence-corrected chi connectivity index (χ2v) is 4.15. The van der Waals surface area contributed by atoms with E-state index in [-0.39, 0.29) is 18.6 Å². The molecular weight excluding hydrogens is 206 g/mol. The van der Waals surface area contributed by atoms with E-state index in [0.29, 0.717) is 18.0 Å². The Balaban J connectivity index is 2.17. The molecular formula is C11H15N3O2. The number of likely N-dealkylation sites (tertiary alicyclic amines) is 1. The lowest BCUT2D eigenvalue weighted by Gasteiger charge is -2.25. The standard InChI is InChI=1S/C11H15N3O2/c1-8-3-5-14(10(8)7-15)11(16)9-2-4-12-13-6-9/h2,4,6,8,10,15H,3,5,7H2,1H3. The molecule has 2 heterocycles. The SMILES string of the molecule is CC1CCN(C(=O)c2ccnnc2)C1CO. The van der Waals surface area contributed by atoms with Crippen molar-refractivity contribution < 1.29 is 9.90 Å². The summed E-state index contributed by atoms with van der Waals surface area (Å²) in [6.45, 7) is 2.78. The van der Waals surface area contributed by atoms with Crippen LogP contribution in [0.5, 0.6) is 0 Å². The van der Waals surface area contributed by atoms with Gasteiger partial charge in [-0.25, -0.2) is 0 Å². The van der Waals surface area contributed by atoms with Gasteiger partial charge in [-0.2, -0.15) is 10.2 Å². The molecule has 1 amide bonds. The summed E-state index contributed by atoms with van der Waals surface area (Å²) in [5, 5.41) is 16.6. The molecule has 16 heavy (non-hydrogen) atoms. The van der Waals surface area contributed by atoms with E-state index in [4.69, 9.17) is 0 Å². The number of aliphatic hydroxyl groups is 1. The first kappa shape index (κ1) is 11.0. The van der Waals surface area contributed by atoms with Gasteiger partial charge in [0.2, 0.25) is 0 Å². The number of aliphatic hydroxyl groups excluding tert-OH is 1. The molecule has 5 nitrogen and oxygen atoms in total. The summed E-state index contributed by atoms with van der Waals surface area (Å²) < 4.78 is 0. The number of hydrogen-bond donors (Lipinski definition) is 1. The van der Waals surface area contributed by atoms with Crippen molar-refractivity contribution in [3.8, 4) is 0 Å². The van der Waals surface area contributed by atoms with E-state index in [1.807, 2.05) is 0 Å². The molecule has 0 aromatic carbocycles. The number of nitrogens with zero attached hydrogens (tertiary/aromatic N) is 3. The van der Waals surface area contributed by atoms with Crippen molar-refractivity contribution in [1.29, 1.82) is 0 Å². The monoisotopic (exact) mass is 221 g/mol. The van der Waals surface area contributed by atoms with Gasteiger partial charge in [0, 0.05) is 6.54 Å². The molecule has 1 N–H and O–H groups in total. The van der Waals surface area contributed by atoms with Gasteiger partial charge in [-0.15, -0.1) is 0 Å². The van der Waals surface area contributed by atoms with E-state index >= 15 is 0 Å². The van der Waals surface area contributed by atoms with E-state index in [1.54, 1.807) is 11.0 Å². The Labute approximate surface area is 94.1 Å². The predicted molar refractivity (Wildman–Crippen MR) is 57.7 cm³/mol. The normalized spacial score (nSPS) is 24.8. The van der Waals surface area contributed by atoms with Crippen LogP contribution >= 0.6 is 0 Å². The Hall–Kier alpha value is -1.49. The fraction of sp³-hybridized carbons (Fsp3) is 0.545. The Morgan fingerprint density at radius 2 is 2.44 bits per heavy atom. The first-order valence-electron chi connectivity index (χ1n) is 5.42. The van der Waals surface area contributed by atoms with Crippen LogP contribution in [0.4, 0.5) is 0 Å². The summed E-state index contributed by atoms with van der Waals surface area (Å²) in [6, 6.07) is 1.58. The molecule has 2 atom stereocenters. The number of hydrogen-bond acceptors (Lipinski definition) is 4. The first-order chi connectivity index (χ1) is 7.74. The minimum absolute atomic E-state index is 0.0193. The smallest absolute Gasteiger partial charge is 0.255 e. The van der Waals surface area contributed by atoms with Crippen molar-refractivity contribution >= 4 is 5.91 Å². The highest BCUT2D eigenvalue weighted by Crippen LogP contribution is 2.24. The van der Waals surface area contributed by atoms with Crippen molar-refractivity contribution in [2.45, 2.75) is 19.4 Å². The largest absolute Gasteiger partial charge is 0.394 e. The number of carbonyl (C=O) groups excluding carboxylic acids is 1. The van der Waals surface area contributed by atoms with E-state index in [9.17, 15) is 9.90 Å². The van der Waals surface area contributed by atoms with Crippen molar-refractivity contribution in [1.82, 2.24) is 15.1 Å². The van der Waals surface area contributed by atoms with E-state index in [1.165, 1.54) is 12.4 Å². The van der Waals surface area contributed by atoms with Gasteiger partial charge in [-0.3, -0.25) is 4.79 Å². The van der Waals surface area contributed by atoms with Crippen LogP contribution in [0.15, 0.2) is 18.5 Å². The maximum Gasteiger partial charge on any atom is 0.255 e. The highest BCUT2D eigenvalue weighted by molar-refractivity contribution is 5.94. The highest BCUT2D eigenvalue weighted by atomic mass is 16.3. The molecule has 0 radical (unpaired) electrons. The van der Waals surface area contributed by atoms with Crippen molar-refractivity contribution in [3.63, 3.8) is 0 Å². The Bertz CT molecular complexity index is 369. The zero-order valence-electron chi connectivity index (χ0n) is 9.21. The zero-order chi connectivity index (χ0) is 11.5. The van der Waals surface area contributed by atoms with Gasteiger partial charge in [0.25, 0.3) is 5.91 Å². The van der Waals surface area contributed by atoms with Gasteiger partial charge in [0.15, 0.2) is 0 Å². The van der Waals surface area contributed by atoms with E-state index in [0.717, 1.165) is 6.42 Å². The third kappa shape index (κ3) is 1.90. The molecule has 2 rings (SSSR count). The lowest BCUT2D eigenvalue weighted by molar-refractivity contribution is 0.0647. The summed E-state index contributed by atoms with van der Waals surface area (Å²) in [5.41, 5.74) is 0.530. The molecule has 1 fully saturated rings. The maximum atomic E-state index is 12.1. The quantitative estimate of drug-likeness (QED) is 0.781. The highest BCUT2D eigenvalue weighted by Gasteiger charge is 2.34. The number of carbonyl (C=O) groups is 1. The molecule has 1 aromatic rings. The van der Waals surface area contributed by atoms with Gasteiger partial charge in [-0.1, -0.05) is 6.92 Å². The number of amides is 1. The van der Waals surface area contributed by atoms with Crippen molar-refractivity contribution in [2.24, 2.45) is 5.92 Å². The third-order valence-electron chi connectivity index (χ3n) is 3.16. The van der Waals surface area contributed by atoms with Crippen LogP contribution in [-0.2, 0) is 0 Å². The summed E-state index contributed by atoms with van der Waals surface area (Å²) in [5.74, 6) is 0.280. The summed E-state index contributed by atoms with van der Waals surface area (Å²) in [4.78, 5) is 13.8. The molecule has 1 aliphatic heterocycles. The maximum absolute atomic E-state index is 12.1. The topological polar surface area (TPSA) is 66.3 Å². The molecule has 2 unspecified atom stereocenters. The van der Waals surface area contributed by atoms with Crippen LogP contribution in [0, 0.1) is 5.92 Å². The Kier molecular flexibility index (Phi) is 3.14. The molecule has 5 heteroatoms. The summed E-state index contributed by atoms with van der Waals surface area (Å²) >= 11 is 0. The minimum atomic E-state index is -0.0710. The molecule has 0 spiro atoms. The zero-order valence-corrected chi connectivity index (χ0v) is 9.21. The molecule has 1 aromatic heterocycles. The van der Waals surface area contributed by atoms with Crippen LogP contribution in [-0.4, -0.2) is 45.3 Å². The van der Waals surface area contributed by atoms with Crippen LogP contribution < -0.4 is 0 Å². The van der Waals surface area contributed by atoms with Crippen LogP contribution in [0.1, 0.15) is 23.7 Å². The van der Waals surface area contributed by atoms with Crippen molar-refractivity contribution in [3.05, 3.63) is 24.0 Å². The van der Waals surface area contributed by atoms with Crippen LogP contribution in [0.2, 0.25) is 0 Å². The van der Waals surface area contributed by atoms with E-state index in [2.05, 4.69) is 17.1 Å². The van der Waals surface area contributed by atoms with Crippen LogP contribution in [0.3, 0.4) is 0 Å². The number of rotatable bonds is 2. The van der Waals surface area contributed by atoms with Crippen molar-refractivity contribution in [2.75, 3.05) is 13.2 Å². The van der Waals surface area contributed by atoms with E-state index < -0.39 is 0 Å². The second kappa shape index (κ2) is 4.57. The fourth-order valence-corrected chi connectivity index (χ4v) is 2.12. The average molecular weight is 221 g/mol. The molecule has 86 valence electrons. The number of aromatic nitrogens is 2. The lowest BCUT2D eigenvalue weighted by Crippen LogP contribution is -2.39. The molecule has 0 saturated carbocycles. The van der Waals surface area contributed by atoms with Gasteiger partial charge < -0.3 is 10.0 Å². The van der Waals surface area contributed by atoms with Gasteiger partial charge in [0.1, 0.15) is 0 Å². The average Bonchev–Trinajstić information content (AvgIpc) is 2.70. The van der Waals surface area contributed by atoms with Crippen LogP contribution in [0.25, 0.3) is 0 Å². The first-order valence-corrected chi connectivity index (χ1v) is 5.42. The molecule has 0 aliphatic carbocycles. The second-order valence-electron chi connectivity index (χ2n) is 4.15. The summed E-state index contributed by atoms with van der Waals surface area (Å²) in [7, 11) is 0. The minimum Gasteiger partial charge on any atom is -0.394 e. The molecule has 0 bridgehead atoms. The third-order valence-corrected chi connectivity index (χ3v) is 3.16. The van der Waals surface area contributed by atoms with Gasteiger partial charge >= 0.3 is 0 Å². The fourth-order valence-electron chi connectivity index (χ4n) is 2.12. The molecule has 1 aliphatic rings.